The molecule has 0 spiro atoms. The summed E-state index contributed by atoms with van der Waals surface area (Å²) >= 11 is 0. The number of carbonyl (C=O) groups is 2. The van der Waals surface area contributed by atoms with Crippen LogP contribution < -0.4 is 10.1 Å². The molecule has 22 heavy (non-hydrogen) atoms. The number of benzene rings is 1. The highest BCUT2D eigenvalue weighted by Crippen LogP contribution is 2.18. The fraction of sp³-hybridized carbons (Fsp3) is 0.286. The lowest BCUT2D eigenvalue weighted by Crippen LogP contribution is -2.14. The molecule has 2 aromatic rings. The lowest BCUT2D eigenvalue weighted by molar-refractivity contribution is -0.144. The van der Waals surface area contributed by atoms with Gasteiger partial charge in [0.1, 0.15) is 12.3 Å². The quantitative estimate of drug-likeness (QED) is 0.803. The number of para-hydroxylation sites is 1. The van der Waals surface area contributed by atoms with Crippen molar-refractivity contribution in [2.45, 2.75) is 13.5 Å². The normalized spacial score (nSPS) is 10.1. The van der Waals surface area contributed by atoms with Gasteiger partial charge in [-0.3, -0.25) is 9.59 Å². The molecule has 2 rings (SSSR count). The summed E-state index contributed by atoms with van der Waals surface area (Å²) < 4.78 is 11.2. The molecule has 0 aliphatic rings. The average molecular weight is 304 g/mol. The van der Waals surface area contributed by atoms with Crippen LogP contribution in [0.15, 0.2) is 30.5 Å². The number of hydrogen-bond acceptors (Lipinski definition) is 6. The molecule has 1 amide bonds. The molecule has 116 valence electrons. The SMILES string of the molecule is CCOC(=O)Cn1cc(NC(=O)c2ccccc2OC)nn1. The number of ether oxygens (including phenoxy) is 2. The van der Waals surface area contributed by atoms with Gasteiger partial charge in [0.2, 0.25) is 0 Å². The van der Waals surface area contributed by atoms with Gasteiger partial charge in [0.15, 0.2) is 5.82 Å². The number of aromatic nitrogens is 3. The molecule has 0 unspecified atom stereocenters. The Balaban J connectivity index is 2.03. The number of esters is 1. The minimum atomic E-state index is -0.421. The second-order valence-electron chi connectivity index (χ2n) is 4.26. The maximum absolute atomic E-state index is 12.2. The van der Waals surface area contributed by atoms with Gasteiger partial charge in [-0.15, -0.1) is 5.10 Å². The first kappa shape index (κ1) is 15.5. The Morgan fingerprint density at radius 2 is 2.09 bits per heavy atom. The van der Waals surface area contributed by atoms with Crippen molar-refractivity contribution in [1.29, 1.82) is 0 Å². The molecule has 0 saturated carbocycles. The number of methoxy groups -OCH3 is 1. The van der Waals surface area contributed by atoms with Crippen molar-refractivity contribution in [2.75, 3.05) is 19.0 Å². The van der Waals surface area contributed by atoms with Gasteiger partial charge >= 0.3 is 5.97 Å². The molecule has 1 heterocycles. The van der Waals surface area contributed by atoms with Crippen LogP contribution in [0, 0.1) is 0 Å². The molecule has 0 aliphatic carbocycles. The fourth-order valence-corrected chi connectivity index (χ4v) is 1.79. The van der Waals surface area contributed by atoms with Crippen LogP contribution in [0.25, 0.3) is 0 Å². The van der Waals surface area contributed by atoms with E-state index in [2.05, 4.69) is 15.6 Å². The Bertz CT molecular complexity index is 668. The number of rotatable bonds is 6. The molecule has 1 aromatic carbocycles. The fourth-order valence-electron chi connectivity index (χ4n) is 1.79. The van der Waals surface area contributed by atoms with Gasteiger partial charge in [-0.1, -0.05) is 17.3 Å². The highest BCUT2D eigenvalue weighted by Gasteiger charge is 2.14. The van der Waals surface area contributed by atoms with Crippen LogP contribution in [0.5, 0.6) is 5.75 Å². The van der Waals surface area contributed by atoms with Gasteiger partial charge in [-0.05, 0) is 19.1 Å². The molecule has 8 nitrogen and oxygen atoms in total. The van der Waals surface area contributed by atoms with Gasteiger partial charge in [-0.25, -0.2) is 4.68 Å². The van der Waals surface area contributed by atoms with Crippen LogP contribution in [-0.2, 0) is 16.1 Å². The summed E-state index contributed by atoms with van der Waals surface area (Å²) in [7, 11) is 1.49. The zero-order valence-corrected chi connectivity index (χ0v) is 12.3. The lowest BCUT2D eigenvalue weighted by atomic mass is 10.2. The molecular weight excluding hydrogens is 288 g/mol. The monoisotopic (exact) mass is 304 g/mol. The van der Waals surface area contributed by atoms with Crippen molar-refractivity contribution >= 4 is 17.7 Å². The van der Waals surface area contributed by atoms with E-state index in [0.717, 1.165) is 0 Å². The van der Waals surface area contributed by atoms with E-state index >= 15 is 0 Å². The van der Waals surface area contributed by atoms with E-state index in [0.29, 0.717) is 17.9 Å². The predicted molar refractivity (Wildman–Crippen MR) is 77.6 cm³/mol. The minimum absolute atomic E-state index is 0.0641. The number of amides is 1. The zero-order valence-electron chi connectivity index (χ0n) is 12.3. The van der Waals surface area contributed by atoms with Crippen LogP contribution >= 0.6 is 0 Å². The largest absolute Gasteiger partial charge is 0.496 e. The highest BCUT2D eigenvalue weighted by atomic mass is 16.5. The van der Waals surface area contributed by atoms with Gasteiger partial charge in [0, 0.05) is 0 Å². The van der Waals surface area contributed by atoms with Crippen LogP contribution in [0.2, 0.25) is 0 Å². The molecular formula is C14H16N4O4. The van der Waals surface area contributed by atoms with Crippen molar-refractivity contribution in [2.24, 2.45) is 0 Å². The summed E-state index contributed by atoms with van der Waals surface area (Å²) in [5, 5.41) is 10.1. The minimum Gasteiger partial charge on any atom is -0.496 e. The van der Waals surface area contributed by atoms with E-state index in [-0.39, 0.29) is 18.3 Å². The van der Waals surface area contributed by atoms with Crippen LogP contribution in [0.3, 0.4) is 0 Å². The average Bonchev–Trinajstić information content (AvgIpc) is 2.94. The summed E-state index contributed by atoms with van der Waals surface area (Å²) in [4.78, 5) is 23.5. The zero-order chi connectivity index (χ0) is 15.9. The standard InChI is InChI=1S/C14H16N4O4/c1-3-22-13(19)9-18-8-12(16-17-18)15-14(20)10-6-4-5-7-11(10)21-2/h4-8H,3,9H2,1-2H3,(H,15,20). The van der Waals surface area contributed by atoms with Gasteiger partial charge < -0.3 is 14.8 Å². The van der Waals surface area contributed by atoms with Crippen molar-refractivity contribution in [3.05, 3.63) is 36.0 Å². The van der Waals surface area contributed by atoms with Crippen LogP contribution in [0.4, 0.5) is 5.82 Å². The molecule has 0 saturated heterocycles. The molecule has 0 radical (unpaired) electrons. The second-order valence-corrected chi connectivity index (χ2v) is 4.26. The molecule has 0 bridgehead atoms. The first-order valence-corrected chi connectivity index (χ1v) is 6.64. The number of hydrogen-bond donors (Lipinski definition) is 1. The van der Waals surface area contributed by atoms with E-state index in [4.69, 9.17) is 9.47 Å². The van der Waals surface area contributed by atoms with Crippen molar-refractivity contribution in [1.82, 2.24) is 15.0 Å². The molecule has 0 aliphatic heterocycles. The van der Waals surface area contributed by atoms with Crippen molar-refractivity contribution in [3.8, 4) is 5.75 Å². The lowest BCUT2D eigenvalue weighted by Gasteiger charge is -2.06. The van der Waals surface area contributed by atoms with Crippen molar-refractivity contribution < 1.29 is 19.1 Å². The number of nitrogens with zero attached hydrogens (tertiary/aromatic N) is 3. The van der Waals surface area contributed by atoms with Crippen molar-refractivity contribution in [3.63, 3.8) is 0 Å². The number of carbonyl (C=O) groups excluding carboxylic acids is 2. The third-order valence-corrected chi connectivity index (χ3v) is 2.73. The van der Waals surface area contributed by atoms with Crippen LogP contribution in [-0.4, -0.2) is 40.6 Å². The Morgan fingerprint density at radius 3 is 2.82 bits per heavy atom. The summed E-state index contributed by atoms with van der Waals surface area (Å²) in [6, 6.07) is 6.82. The molecule has 0 fully saturated rings. The predicted octanol–water partition coefficient (Wildman–Crippen LogP) is 1.10. The highest BCUT2D eigenvalue weighted by molar-refractivity contribution is 6.05. The summed E-state index contributed by atoms with van der Waals surface area (Å²) in [5.74, 6) is -0.102. The van der Waals surface area contributed by atoms with Gasteiger partial charge in [-0.2, -0.15) is 0 Å². The molecule has 1 aromatic heterocycles. The molecule has 0 atom stereocenters. The maximum atomic E-state index is 12.2. The first-order chi connectivity index (χ1) is 10.6. The van der Waals surface area contributed by atoms with Gasteiger partial charge in [0.05, 0.1) is 25.5 Å². The Kier molecular flexibility index (Phi) is 5.07. The smallest absolute Gasteiger partial charge is 0.327 e. The van der Waals surface area contributed by atoms with Gasteiger partial charge in [0.25, 0.3) is 5.91 Å². The molecule has 1 N–H and O–H groups in total. The van der Waals surface area contributed by atoms with E-state index in [1.807, 2.05) is 0 Å². The summed E-state index contributed by atoms with van der Waals surface area (Å²) in [6.07, 6.45) is 1.45. The van der Waals surface area contributed by atoms with E-state index < -0.39 is 5.97 Å². The maximum Gasteiger partial charge on any atom is 0.327 e. The number of nitrogens with one attached hydrogen (secondary N) is 1. The second kappa shape index (κ2) is 7.21. The van der Waals surface area contributed by atoms with Crippen LogP contribution in [0.1, 0.15) is 17.3 Å². The summed E-state index contributed by atoms with van der Waals surface area (Å²) in [5.41, 5.74) is 0.380. The Hall–Kier alpha value is -2.90. The van der Waals surface area contributed by atoms with E-state index in [1.54, 1.807) is 31.2 Å². The first-order valence-electron chi connectivity index (χ1n) is 6.64. The third-order valence-electron chi connectivity index (χ3n) is 2.73. The Morgan fingerprint density at radius 1 is 1.32 bits per heavy atom. The topological polar surface area (TPSA) is 95.3 Å². The van der Waals surface area contributed by atoms with E-state index in [1.165, 1.54) is 18.0 Å². The number of anilines is 1. The molecule has 8 heteroatoms. The summed E-state index contributed by atoms with van der Waals surface area (Å²) in [6.45, 7) is 1.95. The third kappa shape index (κ3) is 3.81. The van der Waals surface area contributed by atoms with E-state index in [9.17, 15) is 9.59 Å². The Labute approximate surface area is 127 Å².